The molecular weight excluding hydrogens is 362 g/mol. The van der Waals surface area contributed by atoms with Crippen LogP contribution in [0.2, 0.25) is 0 Å². The molecule has 2 aromatic rings. The third-order valence-electron chi connectivity index (χ3n) is 3.91. The van der Waals surface area contributed by atoms with Gasteiger partial charge in [0.2, 0.25) is 0 Å². The smallest absolute Gasteiger partial charge is 0.189 e. The Morgan fingerprint density at radius 1 is 1.19 bits per heavy atom. The van der Waals surface area contributed by atoms with Crippen LogP contribution >= 0.6 is 11.8 Å². The Labute approximate surface area is 164 Å². The van der Waals surface area contributed by atoms with E-state index in [1.54, 1.807) is 20.3 Å². The van der Waals surface area contributed by atoms with Crippen molar-refractivity contribution >= 4 is 17.6 Å². The van der Waals surface area contributed by atoms with E-state index in [2.05, 4.69) is 26.3 Å². The molecule has 0 fully saturated rings. The topological polar surface area (TPSA) is 83.3 Å². The molecule has 0 saturated carbocycles. The minimum atomic E-state index is 0.421. The highest BCUT2D eigenvalue weighted by Gasteiger charge is 2.17. The van der Waals surface area contributed by atoms with Gasteiger partial charge in [-0.2, -0.15) is 5.26 Å². The van der Waals surface area contributed by atoms with Crippen LogP contribution in [0.25, 0.3) is 11.3 Å². The zero-order chi connectivity index (χ0) is 19.8. The number of methoxy groups -OCH3 is 2. The quantitative estimate of drug-likeness (QED) is 0.399. The number of hydrogen-bond donors (Lipinski definition) is 1. The van der Waals surface area contributed by atoms with Crippen molar-refractivity contribution in [2.45, 2.75) is 11.6 Å². The van der Waals surface area contributed by atoms with Gasteiger partial charge in [-0.05, 0) is 51.5 Å². The Balaban J connectivity index is 2.43. The summed E-state index contributed by atoms with van der Waals surface area (Å²) in [4.78, 5) is 11.2. The van der Waals surface area contributed by atoms with Crippen LogP contribution in [0.5, 0.6) is 11.5 Å². The summed E-state index contributed by atoms with van der Waals surface area (Å²) in [5.74, 6) is 1.77. The van der Waals surface area contributed by atoms with Crippen molar-refractivity contribution in [1.82, 2.24) is 14.9 Å². The molecule has 27 heavy (non-hydrogen) atoms. The van der Waals surface area contributed by atoms with Gasteiger partial charge in [0.25, 0.3) is 0 Å². The summed E-state index contributed by atoms with van der Waals surface area (Å²) in [6.07, 6.45) is 2.86. The second-order valence-corrected chi connectivity index (χ2v) is 6.82. The molecule has 0 aliphatic rings. The first-order chi connectivity index (χ1) is 13.0. The standard InChI is InChI=1S/C19H25N5O2S/c1-24(2)10-6-9-21-18-14(12-20)17(22-19(23-18)27-5)13-7-8-15(25-3)16(11-13)26-4/h7-8,11H,6,9-10H2,1-5H3,(H,21,22,23). The number of hydrogen-bond acceptors (Lipinski definition) is 8. The van der Waals surface area contributed by atoms with E-state index in [1.807, 2.05) is 32.5 Å². The number of thioether (sulfide) groups is 1. The monoisotopic (exact) mass is 387 g/mol. The predicted molar refractivity (Wildman–Crippen MR) is 109 cm³/mol. The molecule has 0 bridgehead atoms. The Morgan fingerprint density at radius 3 is 2.52 bits per heavy atom. The van der Waals surface area contributed by atoms with E-state index < -0.39 is 0 Å². The Morgan fingerprint density at radius 2 is 1.93 bits per heavy atom. The number of benzene rings is 1. The van der Waals surface area contributed by atoms with E-state index in [-0.39, 0.29) is 0 Å². The largest absolute Gasteiger partial charge is 0.493 e. The molecule has 0 spiro atoms. The summed E-state index contributed by atoms with van der Waals surface area (Å²) in [6.45, 7) is 1.68. The molecule has 0 unspecified atom stereocenters. The molecule has 0 radical (unpaired) electrons. The van der Waals surface area contributed by atoms with Crippen LogP contribution in [0.3, 0.4) is 0 Å². The van der Waals surface area contributed by atoms with Crippen LogP contribution in [0.1, 0.15) is 12.0 Å². The van der Waals surface area contributed by atoms with Gasteiger partial charge in [0.15, 0.2) is 16.7 Å². The van der Waals surface area contributed by atoms with Crippen LogP contribution < -0.4 is 14.8 Å². The van der Waals surface area contributed by atoms with E-state index in [4.69, 9.17) is 9.47 Å². The van der Waals surface area contributed by atoms with Gasteiger partial charge >= 0.3 is 0 Å². The Kier molecular flexibility index (Phi) is 7.70. The lowest BCUT2D eigenvalue weighted by Crippen LogP contribution is -2.17. The molecule has 1 aromatic heterocycles. The maximum atomic E-state index is 9.76. The zero-order valence-corrected chi connectivity index (χ0v) is 17.2. The van der Waals surface area contributed by atoms with Gasteiger partial charge in [-0.3, -0.25) is 0 Å². The van der Waals surface area contributed by atoms with Crippen molar-refractivity contribution in [3.8, 4) is 28.8 Å². The predicted octanol–water partition coefficient (Wildman–Crippen LogP) is 3.12. The van der Waals surface area contributed by atoms with Crippen molar-refractivity contribution in [3.05, 3.63) is 23.8 Å². The van der Waals surface area contributed by atoms with E-state index in [1.165, 1.54) is 11.8 Å². The second kappa shape index (κ2) is 10.00. The van der Waals surface area contributed by atoms with Gasteiger partial charge in [-0.25, -0.2) is 9.97 Å². The summed E-state index contributed by atoms with van der Waals surface area (Å²) < 4.78 is 10.7. The first-order valence-electron chi connectivity index (χ1n) is 8.51. The van der Waals surface area contributed by atoms with Crippen LogP contribution in [-0.2, 0) is 0 Å². The maximum Gasteiger partial charge on any atom is 0.189 e. The molecule has 8 heteroatoms. The molecule has 7 nitrogen and oxygen atoms in total. The SMILES string of the molecule is COc1ccc(-c2nc(SC)nc(NCCCN(C)C)c2C#N)cc1OC. The minimum absolute atomic E-state index is 0.421. The number of anilines is 1. The first-order valence-corrected chi connectivity index (χ1v) is 9.73. The fraction of sp³-hybridized carbons (Fsp3) is 0.421. The number of aromatic nitrogens is 2. The molecule has 0 atom stereocenters. The molecule has 0 aliphatic carbocycles. The van der Waals surface area contributed by atoms with E-state index in [9.17, 15) is 5.26 Å². The van der Waals surface area contributed by atoms with Crippen molar-refractivity contribution in [2.24, 2.45) is 0 Å². The van der Waals surface area contributed by atoms with Crippen molar-refractivity contribution < 1.29 is 9.47 Å². The number of nitriles is 1. The zero-order valence-electron chi connectivity index (χ0n) is 16.4. The molecule has 1 heterocycles. The Bertz CT molecular complexity index is 820. The molecule has 0 aliphatic heterocycles. The van der Waals surface area contributed by atoms with Gasteiger partial charge < -0.3 is 19.7 Å². The van der Waals surface area contributed by atoms with Gasteiger partial charge in [0, 0.05) is 12.1 Å². The van der Waals surface area contributed by atoms with Gasteiger partial charge in [0.05, 0.1) is 19.9 Å². The van der Waals surface area contributed by atoms with Crippen LogP contribution in [0.15, 0.2) is 23.4 Å². The summed E-state index contributed by atoms with van der Waals surface area (Å²) in [6, 6.07) is 7.74. The summed E-state index contributed by atoms with van der Waals surface area (Å²) >= 11 is 1.44. The highest BCUT2D eigenvalue weighted by atomic mass is 32.2. The first kappa shape index (κ1) is 20.8. The van der Waals surface area contributed by atoms with Crippen molar-refractivity contribution in [2.75, 3.05) is 53.0 Å². The highest BCUT2D eigenvalue weighted by molar-refractivity contribution is 7.98. The second-order valence-electron chi connectivity index (χ2n) is 6.05. The summed E-state index contributed by atoms with van der Waals surface area (Å²) in [7, 11) is 7.24. The van der Waals surface area contributed by atoms with Gasteiger partial charge in [-0.1, -0.05) is 11.8 Å². The lowest BCUT2D eigenvalue weighted by molar-refractivity contribution is 0.355. The van der Waals surface area contributed by atoms with E-state index >= 15 is 0 Å². The fourth-order valence-electron chi connectivity index (χ4n) is 2.56. The lowest BCUT2D eigenvalue weighted by Gasteiger charge is -2.14. The third-order valence-corrected chi connectivity index (χ3v) is 4.46. The van der Waals surface area contributed by atoms with Crippen molar-refractivity contribution in [1.29, 1.82) is 5.26 Å². The molecular formula is C19H25N5O2S. The molecule has 1 aromatic carbocycles. The van der Waals surface area contributed by atoms with Crippen LogP contribution in [0, 0.1) is 11.3 Å². The molecule has 144 valence electrons. The van der Waals surface area contributed by atoms with Gasteiger partial charge in [-0.15, -0.1) is 0 Å². The molecule has 0 saturated heterocycles. The summed E-state index contributed by atoms with van der Waals surface area (Å²) in [5, 5.41) is 13.6. The molecule has 1 N–H and O–H groups in total. The molecule has 2 rings (SSSR count). The number of ether oxygens (including phenoxy) is 2. The molecule has 0 amide bonds. The van der Waals surface area contributed by atoms with Crippen LogP contribution in [0.4, 0.5) is 5.82 Å². The van der Waals surface area contributed by atoms with Crippen molar-refractivity contribution in [3.63, 3.8) is 0 Å². The van der Waals surface area contributed by atoms with E-state index in [0.29, 0.717) is 33.7 Å². The normalized spacial score (nSPS) is 10.6. The van der Waals surface area contributed by atoms with Gasteiger partial charge in [0.1, 0.15) is 17.5 Å². The van der Waals surface area contributed by atoms with E-state index in [0.717, 1.165) is 25.1 Å². The lowest BCUT2D eigenvalue weighted by atomic mass is 10.1. The minimum Gasteiger partial charge on any atom is -0.493 e. The Hall–Kier alpha value is -2.50. The number of rotatable bonds is 9. The van der Waals surface area contributed by atoms with Crippen LogP contribution in [-0.4, -0.2) is 62.5 Å². The average molecular weight is 388 g/mol. The number of nitrogens with zero attached hydrogens (tertiary/aromatic N) is 4. The fourth-order valence-corrected chi connectivity index (χ4v) is 2.92. The third kappa shape index (κ3) is 5.25. The summed E-state index contributed by atoms with van der Waals surface area (Å²) in [5.41, 5.74) is 1.77. The highest BCUT2D eigenvalue weighted by Crippen LogP contribution is 2.34. The maximum absolute atomic E-state index is 9.76. The average Bonchev–Trinajstić information content (AvgIpc) is 2.69. The number of nitrogens with one attached hydrogen (secondary N) is 1.